The quantitative estimate of drug-likeness (QED) is 0.798. The first kappa shape index (κ1) is 19.2. The largest absolute Gasteiger partial charge is 0.416 e. The summed E-state index contributed by atoms with van der Waals surface area (Å²) in [5, 5.41) is 6.77. The molecular weight excluding hydrogens is 364 g/mol. The molecule has 1 aromatic heterocycles. The molecule has 0 bridgehead atoms. The molecule has 1 aliphatic rings. The Bertz CT molecular complexity index is 655. The highest BCUT2D eigenvalue weighted by atomic mass is 35.5. The van der Waals surface area contributed by atoms with Crippen molar-refractivity contribution in [2.24, 2.45) is 0 Å². The van der Waals surface area contributed by atoms with Crippen LogP contribution >= 0.6 is 23.7 Å². The molecule has 0 radical (unpaired) electrons. The van der Waals surface area contributed by atoms with Crippen LogP contribution in [-0.2, 0) is 6.18 Å². The molecule has 2 heterocycles. The summed E-state index contributed by atoms with van der Waals surface area (Å²) in [5.41, 5.74) is -0.472. The molecule has 1 saturated heterocycles. The van der Waals surface area contributed by atoms with Gasteiger partial charge >= 0.3 is 6.18 Å². The molecule has 2 aromatic rings. The number of thiophene rings is 1. The van der Waals surface area contributed by atoms with E-state index in [0.29, 0.717) is 31.7 Å². The van der Waals surface area contributed by atoms with Gasteiger partial charge in [-0.25, -0.2) is 4.39 Å². The molecule has 0 unspecified atom stereocenters. The first-order valence-corrected chi connectivity index (χ1v) is 8.25. The van der Waals surface area contributed by atoms with Gasteiger partial charge in [-0.1, -0.05) is 6.07 Å². The van der Waals surface area contributed by atoms with Crippen LogP contribution in [0.15, 0.2) is 35.0 Å². The van der Waals surface area contributed by atoms with E-state index < -0.39 is 23.6 Å². The molecule has 1 fully saturated rings. The average Bonchev–Trinajstić information content (AvgIpc) is 3.03. The van der Waals surface area contributed by atoms with Crippen molar-refractivity contribution in [2.75, 3.05) is 26.2 Å². The molecule has 0 aliphatic carbocycles. The number of hydrogen-bond donors (Lipinski definition) is 1. The lowest BCUT2D eigenvalue weighted by Gasteiger charge is -2.36. The maximum absolute atomic E-state index is 14.4. The molecule has 0 amide bonds. The van der Waals surface area contributed by atoms with Gasteiger partial charge in [0.25, 0.3) is 0 Å². The van der Waals surface area contributed by atoms with Gasteiger partial charge in [-0.05, 0) is 34.5 Å². The second-order valence-corrected chi connectivity index (χ2v) is 6.22. The van der Waals surface area contributed by atoms with Crippen molar-refractivity contribution < 1.29 is 17.6 Å². The summed E-state index contributed by atoms with van der Waals surface area (Å²) in [6.07, 6.45) is -4.58. The fraction of sp³-hybridized carbons (Fsp3) is 0.375. The van der Waals surface area contributed by atoms with Gasteiger partial charge in [-0.15, -0.1) is 12.4 Å². The van der Waals surface area contributed by atoms with Crippen molar-refractivity contribution in [3.8, 4) is 0 Å². The first-order valence-electron chi connectivity index (χ1n) is 7.31. The summed E-state index contributed by atoms with van der Waals surface area (Å²) >= 11 is 1.40. The maximum Gasteiger partial charge on any atom is 0.416 e. The highest BCUT2D eigenvalue weighted by Crippen LogP contribution is 2.40. The van der Waals surface area contributed by atoms with E-state index in [1.165, 1.54) is 11.3 Å². The molecule has 0 spiro atoms. The molecule has 1 N–H and O–H groups in total. The fourth-order valence-electron chi connectivity index (χ4n) is 2.99. The van der Waals surface area contributed by atoms with Gasteiger partial charge in [0.05, 0.1) is 11.6 Å². The Morgan fingerprint density at radius 2 is 1.83 bits per heavy atom. The summed E-state index contributed by atoms with van der Waals surface area (Å²) in [4.78, 5) is 1.91. The highest BCUT2D eigenvalue weighted by molar-refractivity contribution is 7.08. The smallest absolute Gasteiger partial charge is 0.314 e. The zero-order valence-corrected chi connectivity index (χ0v) is 14.3. The normalized spacial score (nSPS) is 17.3. The van der Waals surface area contributed by atoms with Gasteiger partial charge in [0.15, 0.2) is 0 Å². The van der Waals surface area contributed by atoms with E-state index >= 15 is 0 Å². The third kappa shape index (κ3) is 3.91. The van der Waals surface area contributed by atoms with E-state index in [0.717, 1.165) is 18.2 Å². The monoisotopic (exact) mass is 380 g/mol. The summed E-state index contributed by atoms with van der Waals surface area (Å²) in [7, 11) is 0. The van der Waals surface area contributed by atoms with Crippen LogP contribution in [0.1, 0.15) is 22.7 Å². The van der Waals surface area contributed by atoms with E-state index in [2.05, 4.69) is 5.32 Å². The molecule has 1 atom stereocenters. The standard InChI is InChI=1S/C16H16F4N2S.ClH/c17-13-3-1-2-12(16(18,19)20)14(13)15(11-4-9-23-10-11)22-7-5-21-6-8-22;/h1-4,9-10,15,21H,5-8H2;1H/t15-;/m0./s1. The summed E-state index contributed by atoms with van der Waals surface area (Å²) in [6.45, 7) is 2.51. The molecule has 2 nitrogen and oxygen atoms in total. The van der Waals surface area contributed by atoms with Crippen LogP contribution in [0.3, 0.4) is 0 Å². The molecule has 1 aliphatic heterocycles. The van der Waals surface area contributed by atoms with Crippen LogP contribution < -0.4 is 5.32 Å². The number of rotatable bonds is 3. The Balaban J connectivity index is 0.00000208. The molecule has 3 rings (SSSR count). The topological polar surface area (TPSA) is 15.3 Å². The minimum Gasteiger partial charge on any atom is -0.314 e. The van der Waals surface area contributed by atoms with Gasteiger partial charge in [0.1, 0.15) is 5.82 Å². The Kier molecular flexibility index (Phi) is 6.25. The van der Waals surface area contributed by atoms with Crippen LogP contribution in [0.25, 0.3) is 0 Å². The Labute approximate surface area is 147 Å². The second-order valence-electron chi connectivity index (χ2n) is 5.44. The van der Waals surface area contributed by atoms with Gasteiger partial charge in [0, 0.05) is 31.7 Å². The molecule has 8 heteroatoms. The van der Waals surface area contributed by atoms with Crippen molar-refractivity contribution >= 4 is 23.7 Å². The molecule has 132 valence electrons. The number of hydrogen-bond acceptors (Lipinski definition) is 3. The minimum absolute atomic E-state index is 0. The number of benzene rings is 1. The van der Waals surface area contributed by atoms with Crippen molar-refractivity contribution in [2.45, 2.75) is 12.2 Å². The predicted octanol–water partition coefficient (Wildman–Crippen LogP) is 4.32. The van der Waals surface area contributed by atoms with Crippen LogP contribution in [0.5, 0.6) is 0 Å². The van der Waals surface area contributed by atoms with E-state index in [1.54, 1.807) is 16.8 Å². The average molecular weight is 381 g/mol. The lowest BCUT2D eigenvalue weighted by atomic mass is 9.93. The minimum atomic E-state index is -4.58. The molecule has 1 aromatic carbocycles. The van der Waals surface area contributed by atoms with Crippen LogP contribution in [0.2, 0.25) is 0 Å². The van der Waals surface area contributed by atoms with Gasteiger partial charge in [0.2, 0.25) is 0 Å². The van der Waals surface area contributed by atoms with Crippen LogP contribution in [0, 0.1) is 5.82 Å². The van der Waals surface area contributed by atoms with E-state index in [4.69, 9.17) is 0 Å². The Morgan fingerprint density at radius 3 is 2.42 bits per heavy atom. The lowest BCUT2D eigenvalue weighted by molar-refractivity contribution is -0.138. The molecular formula is C16H17ClF4N2S. The number of alkyl halides is 3. The first-order chi connectivity index (χ1) is 11.0. The molecule has 0 saturated carbocycles. The number of nitrogens with zero attached hydrogens (tertiary/aromatic N) is 1. The number of halogens is 5. The summed E-state index contributed by atoms with van der Waals surface area (Å²) in [5.74, 6) is -0.811. The van der Waals surface area contributed by atoms with E-state index in [1.807, 2.05) is 4.90 Å². The van der Waals surface area contributed by atoms with Crippen LogP contribution in [-0.4, -0.2) is 31.1 Å². The summed E-state index contributed by atoms with van der Waals surface area (Å²) in [6, 6.07) is 4.22. The van der Waals surface area contributed by atoms with Crippen molar-refractivity contribution in [1.29, 1.82) is 0 Å². The van der Waals surface area contributed by atoms with Crippen molar-refractivity contribution in [3.05, 3.63) is 57.5 Å². The Morgan fingerprint density at radius 1 is 1.12 bits per heavy atom. The van der Waals surface area contributed by atoms with Gasteiger partial charge in [-0.2, -0.15) is 24.5 Å². The fourth-order valence-corrected chi connectivity index (χ4v) is 3.67. The molecule has 24 heavy (non-hydrogen) atoms. The third-order valence-electron chi connectivity index (χ3n) is 4.01. The summed E-state index contributed by atoms with van der Waals surface area (Å²) < 4.78 is 54.6. The number of piperazine rings is 1. The zero-order chi connectivity index (χ0) is 16.4. The van der Waals surface area contributed by atoms with Crippen LogP contribution in [0.4, 0.5) is 17.6 Å². The number of nitrogens with one attached hydrogen (secondary N) is 1. The SMILES string of the molecule is Cl.Fc1cccc(C(F)(F)F)c1[C@H](c1ccsc1)N1CCNCC1. The van der Waals surface area contributed by atoms with Crippen molar-refractivity contribution in [3.63, 3.8) is 0 Å². The third-order valence-corrected chi connectivity index (χ3v) is 4.71. The lowest BCUT2D eigenvalue weighted by Crippen LogP contribution is -2.45. The highest BCUT2D eigenvalue weighted by Gasteiger charge is 2.39. The second kappa shape index (κ2) is 7.82. The zero-order valence-electron chi connectivity index (χ0n) is 12.6. The van der Waals surface area contributed by atoms with Gasteiger partial charge < -0.3 is 5.32 Å². The van der Waals surface area contributed by atoms with Gasteiger partial charge in [-0.3, -0.25) is 4.90 Å². The van der Waals surface area contributed by atoms with E-state index in [-0.39, 0.29) is 18.0 Å². The van der Waals surface area contributed by atoms with Crippen molar-refractivity contribution in [1.82, 2.24) is 10.2 Å². The maximum atomic E-state index is 14.4. The predicted molar refractivity (Wildman–Crippen MR) is 89.3 cm³/mol. The Hall–Kier alpha value is -1.15. The van der Waals surface area contributed by atoms with E-state index in [9.17, 15) is 17.6 Å².